The lowest BCUT2D eigenvalue weighted by Crippen LogP contribution is -2.36. The largest absolute Gasteiger partial charge is 0.506 e. The van der Waals surface area contributed by atoms with Crippen molar-refractivity contribution in [3.63, 3.8) is 0 Å². The van der Waals surface area contributed by atoms with Gasteiger partial charge in [0.1, 0.15) is 23.8 Å². The van der Waals surface area contributed by atoms with E-state index in [2.05, 4.69) is 5.32 Å². The molecule has 2 N–H and O–H groups in total. The van der Waals surface area contributed by atoms with Gasteiger partial charge in [-0.1, -0.05) is 0 Å². The van der Waals surface area contributed by atoms with Crippen LogP contribution in [0.1, 0.15) is 11.5 Å². The van der Waals surface area contributed by atoms with E-state index in [-0.39, 0.29) is 16.3 Å². The summed E-state index contributed by atoms with van der Waals surface area (Å²) < 4.78 is 5.34. The maximum Gasteiger partial charge on any atom is 0.294 e. The Balaban J connectivity index is 1.68. The van der Waals surface area contributed by atoms with E-state index in [1.807, 2.05) is 0 Å². The SMILES string of the molecule is Cc1ccc(/C=C2\SC(=O)N(CC(=O)Nc3ccc([N+](=O)[O-])cc3O)C2=O)o1. The maximum absolute atomic E-state index is 12.4. The molecule has 10 nitrogen and oxygen atoms in total. The summed E-state index contributed by atoms with van der Waals surface area (Å²) in [7, 11) is 0. The number of phenolic OH excluding ortho intramolecular Hbond substituents is 1. The Morgan fingerprint density at radius 2 is 2.11 bits per heavy atom. The number of nitrogens with one attached hydrogen (secondary N) is 1. The van der Waals surface area contributed by atoms with Gasteiger partial charge in [0.2, 0.25) is 5.91 Å². The van der Waals surface area contributed by atoms with Crippen LogP contribution in [0.15, 0.2) is 39.7 Å². The van der Waals surface area contributed by atoms with Gasteiger partial charge in [-0.3, -0.25) is 29.4 Å². The van der Waals surface area contributed by atoms with Crippen LogP contribution >= 0.6 is 11.8 Å². The number of hydrogen-bond acceptors (Lipinski definition) is 8. The number of carbonyl (C=O) groups excluding carboxylic acids is 3. The highest BCUT2D eigenvalue weighted by Crippen LogP contribution is 2.33. The number of furan rings is 1. The first-order valence-corrected chi connectivity index (χ1v) is 8.65. The summed E-state index contributed by atoms with van der Waals surface area (Å²) in [6.45, 7) is 1.16. The molecule has 1 aromatic carbocycles. The van der Waals surface area contributed by atoms with Crippen LogP contribution in [-0.2, 0) is 9.59 Å². The second kappa shape index (κ2) is 7.56. The van der Waals surface area contributed by atoms with Crippen molar-refractivity contribution in [2.75, 3.05) is 11.9 Å². The molecule has 1 aliphatic heterocycles. The molecule has 1 fully saturated rings. The van der Waals surface area contributed by atoms with Crippen LogP contribution in [0.3, 0.4) is 0 Å². The number of rotatable bonds is 5. The molecule has 28 heavy (non-hydrogen) atoms. The highest BCUT2D eigenvalue weighted by molar-refractivity contribution is 8.18. The third-order valence-electron chi connectivity index (χ3n) is 3.68. The Kier molecular flexibility index (Phi) is 5.18. The third kappa shape index (κ3) is 4.04. The number of nitro benzene ring substituents is 1. The fourth-order valence-corrected chi connectivity index (χ4v) is 3.19. The number of imide groups is 1. The Morgan fingerprint density at radius 1 is 1.36 bits per heavy atom. The van der Waals surface area contributed by atoms with Crippen LogP contribution in [0.25, 0.3) is 6.08 Å². The van der Waals surface area contributed by atoms with Gasteiger partial charge in [0.25, 0.3) is 16.8 Å². The molecule has 3 rings (SSSR count). The number of non-ortho nitro benzene ring substituents is 1. The lowest BCUT2D eigenvalue weighted by atomic mass is 10.2. The number of aryl methyl sites for hydroxylation is 1. The summed E-state index contributed by atoms with van der Waals surface area (Å²) in [6, 6.07) is 6.49. The minimum atomic E-state index is -0.749. The molecular weight excluding hydrogens is 390 g/mol. The van der Waals surface area contributed by atoms with Gasteiger partial charge in [-0.15, -0.1) is 0 Å². The number of nitro groups is 1. The van der Waals surface area contributed by atoms with Crippen molar-refractivity contribution in [2.24, 2.45) is 0 Å². The van der Waals surface area contributed by atoms with Crippen molar-refractivity contribution in [2.45, 2.75) is 6.92 Å². The molecule has 1 aliphatic rings. The number of hydrogen-bond donors (Lipinski definition) is 2. The molecule has 3 amide bonds. The van der Waals surface area contributed by atoms with E-state index in [1.165, 1.54) is 6.08 Å². The van der Waals surface area contributed by atoms with Gasteiger partial charge < -0.3 is 14.8 Å². The second-order valence-corrected chi connectivity index (χ2v) is 6.72. The molecule has 144 valence electrons. The van der Waals surface area contributed by atoms with Crippen molar-refractivity contribution < 1.29 is 28.8 Å². The quantitative estimate of drug-likeness (QED) is 0.336. The summed E-state index contributed by atoms with van der Waals surface area (Å²) in [5, 5.41) is 22.1. The average molecular weight is 403 g/mol. The van der Waals surface area contributed by atoms with Crippen LogP contribution in [0.4, 0.5) is 16.2 Å². The number of anilines is 1. The summed E-state index contributed by atoms with van der Waals surface area (Å²) in [6.07, 6.45) is 1.41. The van der Waals surface area contributed by atoms with Crippen molar-refractivity contribution in [1.82, 2.24) is 4.90 Å². The molecule has 0 spiro atoms. The number of phenols is 1. The molecule has 0 bridgehead atoms. The van der Waals surface area contributed by atoms with E-state index in [0.29, 0.717) is 23.3 Å². The standard InChI is InChI=1S/C17H13N3O7S/c1-9-2-4-11(27-9)7-14-16(23)19(17(24)28-14)8-15(22)18-12-5-3-10(20(25)26)6-13(12)21/h2-7,21H,8H2,1H3,(H,18,22)/b14-7-. The molecule has 11 heteroatoms. The molecule has 0 unspecified atom stereocenters. The Bertz CT molecular complexity index is 1030. The number of carbonyl (C=O) groups is 3. The van der Waals surface area contributed by atoms with Crippen LogP contribution in [0.5, 0.6) is 5.75 Å². The molecule has 2 heterocycles. The lowest BCUT2D eigenvalue weighted by molar-refractivity contribution is -0.384. The van der Waals surface area contributed by atoms with Crippen LogP contribution < -0.4 is 5.32 Å². The number of thioether (sulfide) groups is 1. The minimum Gasteiger partial charge on any atom is -0.506 e. The molecule has 0 radical (unpaired) electrons. The molecule has 2 aromatic rings. The number of amides is 3. The first kappa shape index (κ1) is 19.2. The van der Waals surface area contributed by atoms with E-state index >= 15 is 0 Å². The number of aromatic hydroxyl groups is 1. The molecule has 0 aliphatic carbocycles. The Labute approximate surface area is 162 Å². The normalized spacial score (nSPS) is 15.3. The van der Waals surface area contributed by atoms with Gasteiger partial charge in [-0.05, 0) is 36.9 Å². The highest BCUT2D eigenvalue weighted by Gasteiger charge is 2.36. The van der Waals surface area contributed by atoms with Gasteiger partial charge in [0.15, 0.2) is 0 Å². The van der Waals surface area contributed by atoms with Gasteiger partial charge >= 0.3 is 0 Å². The summed E-state index contributed by atoms with van der Waals surface area (Å²) in [5.41, 5.74) is -0.427. The first-order valence-electron chi connectivity index (χ1n) is 7.83. The van der Waals surface area contributed by atoms with Crippen molar-refractivity contribution in [1.29, 1.82) is 0 Å². The Morgan fingerprint density at radius 3 is 2.71 bits per heavy atom. The lowest BCUT2D eigenvalue weighted by Gasteiger charge is -2.13. The van der Waals surface area contributed by atoms with Crippen LogP contribution in [-0.4, -0.2) is 38.5 Å². The molecule has 0 saturated carbocycles. The predicted octanol–water partition coefficient (Wildman–Crippen LogP) is 2.88. The minimum absolute atomic E-state index is 0.0795. The van der Waals surface area contributed by atoms with Crippen molar-refractivity contribution in [3.8, 4) is 5.75 Å². The summed E-state index contributed by atoms with van der Waals surface area (Å²) >= 11 is 0.677. The third-order valence-corrected chi connectivity index (χ3v) is 4.58. The maximum atomic E-state index is 12.4. The number of benzene rings is 1. The first-order chi connectivity index (χ1) is 13.2. The summed E-state index contributed by atoms with van der Waals surface area (Å²) in [5.74, 6) is -0.852. The fraction of sp³-hybridized carbons (Fsp3) is 0.118. The number of nitrogens with zero attached hydrogens (tertiary/aromatic N) is 2. The van der Waals surface area contributed by atoms with Gasteiger partial charge in [-0.25, -0.2) is 0 Å². The van der Waals surface area contributed by atoms with E-state index in [9.17, 15) is 29.6 Å². The molecule has 1 saturated heterocycles. The average Bonchev–Trinajstić information content (AvgIpc) is 3.15. The zero-order valence-electron chi connectivity index (χ0n) is 14.4. The van der Waals surface area contributed by atoms with Crippen LogP contribution in [0, 0.1) is 17.0 Å². The smallest absolute Gasteiger partial charge is 0.294 e. The molecular formula is C17H13N3O7S. The molecule has 1 aromatic heterocycles. The van der Waals surface area contributed by atoms with E-state index < -0.39 is 34.3 Å². The van der Waals surface area contributed by atoms with E-state index in [1.54, 1.807) is 19.1 Å². The molecule has 0 atom stereocenters. The fourth-order valence-electron chi connectivity index (χ4n) is 2.37. The van der Waals surface area contributed by atoms with Crippen molar-refractivity contribution in [3.05, 3.63) is 56.9 Å². The predicted molar refractivity (Wildman–Crippen MR) is 99.5 cm³/mol. The monoisotopic (exact) mass is 403 g/mol. The summed E-state index contributed by atoms with van der Waals surface area (Å²) in [4.78, 5) is 47.4. The van der Waals surface area contributed by atoms with Gasteiger partial charge in [-0.2, -0.15) is 0 Å². The zero-order valence-corrected chi connectivity index (χ0v) is 15.2. The Hall–Kier alpha value is -3.60. The van der Waals surface area contributed by atoms with Crippen LogP contribution in [0.2, 0.25) is 0 Å². The van der Waals surface area contributed by atoms with Crippen molar-refractivity contribution >= 4 is 46.3 Å². The zero-order chi connectivity index (χ0) is 20.4. The van der Waals surface area contributed by atoms with Gasteiger partial charge in [0, 0.05) is 12.1 Å². The highest BCUT2D eigenvalue weighted by atomic mass is 32.2. The topological polar surface area (TPSA) is 143 Å². The van der Waals surface area contributed by atoms with E-state index in [0.717, 1.165) is 23.1 Å². The second-order valence-electron chi connectivity index (χ2n) is 5.72. The van der Waals surface area contributed by atoms with E-state index in [4.69, 9.17) is 4.42 Å². The van der Waals surface area contributed by atoms with Gasteiger partial charge in [0.05, 0.1) is 21.6 Å².